The number of ketones is 1. The number of nitrogens with zero attached hydrogens (tertiary/aromatic N) is 8. The Bertz CT molecular complexity index is 3370. The van der Waals surface area contributed by atoms with Gasteiger partial charge in [0.25, 0.3) is 25.4 Å². The van der Waals surface area contributed by atoms with Crippen molar-refractivity contribution in [2.24, 2.45) is 37.4 Å². The third-order valence-corrected chi connectivity index (χ3v) is 14.6. The molecule has 0 saturated heterocycles. The van der Waals surface area contributed by atoms with E-state index in [-0.39, 0.29) is 57.2 Å². The van der Waals surface area contributed by atoms with Crippen molar-refractivity contribution in [3.8, 4) is 0 Å². The van der Waals surface area contributed by atoms with Crippen molar-refractivity contribution in [1.29, 1.82) is 0 Å². The molecule has 2 aliphatic carbocycles. The predicted molar refractivity (Wildman–Crippen MR) is 269 cm³/mol. The molecule has 30 heteroatoms. The lowest BCUT2D eigenvalue weighted by Crippen LogP contribution is -2.27. The Balaban J connectivity index is 1.04. The van der Waals surface area contributed by atoms with E-state index in [1.54, 1.807) is 37.3 Å². The van der Waals surface area contributed by atoms with E-state index >= 15 is 0 Å². The zero-order valence-corrected chi connectivity index (χ0v) is 42.2. The number of aryl methyl sites for hydroxylation is 2. The van der Waals surface area contributed by atoms with Gasteiger partial charge < -0.3 is 15.5 Å². The smallest absolute Gasteiger partial charge is 0.303 e. The Morgan fingerprint density at radius 2 is 1.45 bits per heavy atom. The number of nitrogens with one attached hydrogen (secondary N) is 2. The predicted octanol–water partition coefficient (Wildman–Crippen LogP) is 8.19. The maximum absolute atomic E-state index is 13.8. The quantitative estimate of drug-likeness (QED) is 0.00856. The fourth-order valence-electron chi connectivity index (χ4n) is 7.87. The van der Waals surface area contributed by atoms with Crippen molar-refractivity contribution in [2.75, 3.05) is 10.7 Å². The molecule has 0 amide bonds. The lowest BCUT2D eigenvalue weighted by atomic mass is 9.79. The van der Waals surface area contributed by atoms with Crippen molar-refractivity contribution >= 4 is 112 Å². The zero-order valence-electron chi connectivity index (χ0n) is 38.9. The van der Waals surface area contributed by atoms with Crippen LogP contribution in [0.2, 0.25) is 0 Å². The third-order valence-electron chi connectivity index (χ3n) is 11.6. The highest BCUT2D eigenvalue weighted by molar-refractivity contribution is 7.99. The van der Waals surface area contributed by atoms with E-state index in [9.17, 15) is 54.2 Å². The molecule has 5 aromatic rings. The normalized spacial score (nSPS) is 17.4. The average Bonchev–Trinajstić information content (AvgIpc) is 3.36. The molecule has 7 rings (SSSR count). The fourth-order valence-corrected chi connectivity index (χ4v) is 9.80. The molecule has 26 nitrogen and oxygen atoms in total. The molecule has 4 aromatic carbocycles. The molecule has 0 radical (unpaired) electrons. The van der Waals surface area contributed by atoms with Gasteiger partial charge in [-0.2, -0.15) is 47.2 Å². The number of allylic oxidation sites excluding steroid dienone is 1. The Hall–Kier alpha value is -6.97. The molecule has 0 bridgehead atoms. The molecule has 1 aromatic heterocycles. The summed E-state index contributed by atoms with van der Waals surface area (Å²) >= 11 is -2.58. The molecule has 1 fully saturated rings. The number of carboxylic acid groups (broad SMARTS) is 1. The topological polar surface area (TPSA) is 401 Å². The van der Waals surface area contributed by atoms with Gasteiger partial charge in [-0.15, -0.1) is 9.45 Å². The van der Waals surface area contributed by atoms with E-state index in [0.29, 0.717) is 59.3 Å². The standard InChI is InChI=1S/C45H44N10O16S4/c1-24-18-31(46-45-48-39(47-40(49-45)23-36(56)44(60)73(62)63)17-6-25-2-4-26(5-3-25)19-41(57)58)13-16-34(24)53-50-28-7-9-29(10-8-28)51-54-35-22-33-27(21-38(35)75(67,68)69)20-37(72-71-70-61)42(43(33)59)55-52-30-11-14-32(15-12-30)74(64,65)66/h7-16,18,20-22,25-26,36,52,56,61H,2-6,17,19,23H2,1H3,(H,57,58)(H,62,63)(H,64,65,66)(H,67,68,69)(H,46,47,48,49)/b53-50?,54-51?,55-42-. The number of Topliss-reactive ketones (excluding diaryl/α,β-unsaturated/α-hetero) is 1. The minimum atomic E-state index is -4.97. The molecule has 1 heterocycles. The average molecular weight is 1110 g/mol. The molecule has 394 valence electrons. The summed E-state index contributed by atoms with van der Waals surface area (Å²) in [5, 5.41) is 54.5. The second-order valence-electron chi connectivity index (χ2n) is 16.9. The first-order valence-corrected chi connectivity index (χ1v) is 26.9. The summed E-state index contributed by atoms with van der Waals surface area (Å²) in [6, 6.07) is 17.9. The lowest BCUT2D eigenvalue weighted by molar-refractivity contribution is -0.431. The number of benzene rings is 4. The van der Waals surface area contributed by atoms with Crippen LogP contribution in [0.5, 0.6) is 0 Å². The molecule has 2 unspecified atom stereocenters. The second kappa shape index (κ2) is 24.6. The van der Waals surface area contributed by atoms with Crippen LogP contribution in [0.1, 0.15) is 71.7 Å². The number of carbonyl (C=O) groups is 3. The van der Waals surface area contributed by atoms with Crippen LogP contribution < -0.4 is 10.7 Å². The van der Waals surface area contributed by atoms with E-state index in [0.717, 1.165) is 49.9 Å². The summed E-state index contributed by atoms with van der Waals surface area (Å²) in [6.07, 6.45) is 3.56. The van der Waals surface area contributed by atoms with Gasteiger partial charge in [-0.3, -0.25) is 33.5 Å². The van der Waals surface area contributed by atoms with Gasteiger partial charge in [0.15, 0.2) is 0 Å². The number of aromatic nitrogens is 3. The SMILES string of the molecule is Cc1cc(Nc2nc(CCC3CCC(CC(=O)O)CC3)nc(CC(O)C(=O)S(=O)O)n2)ccc1N=Nc1ccc(N=Nc2cc3c(cc2S(=O)(=O)O)C=C(SOOO)/C(=N/Nc2ccc(S(=O)(=O)O)cc2)C3=O)cc1. The number of carboxylic acids is 1. The van der Waals surface area contributed by atoms with Crippen LogP contribution in [0.4, 0.5) is 40.1 Å². The highest BCUT2D eigenvalue weighted by Crippen LogP contribution is 2.38. The summed E-state index contributed by atoms with van der Waals surface area (Å²) in [6.45, 7) is 1.78. The van der Waals surface area contributed by atoms with Crippen molar-refractivity contribution in [1.82, 2.24) is 15.0 Å². The number of hydrogen-bond donors (Lipinski definition) is 8. The second-order valence-corrected chi connectivity index (χ2v) is 21.3. The van der Waals surface area contributed by atoms with Crippen LogP contribution in [0.15, 0.2) is 119 Å². The lowest BCUT2D eigenvalue weighted by Gasteiger charge is -2.27. The van der Waals surface area contributed by atoms with E-state index in [1.165, 1.54) is 30.3 Å². The minimum Gasteiger partial charge on any atom is -0.481 e. The number of azo groups is 2. The summed E-state index contributed by atoms with van der Waals surface area (Å²) in [5.41, 5.74) is 4.07. The van der Waals surface area contributed by atoms with Gasteiger partial charge >= 0.3 is 5.97 Å². The number of fused-ring (bicyclic) bond motifs is 1. The number of aliphatic hydroxyl groups is 1. The molecule has 2 atom stereocenters. The Morgan fingerprint density at radius 3 is 2.05 bits per heavy atom. The summed E-state index contributed by atoms with van der Waals surface area (Å²) in [4.78, 5) is 49.1. The maximum atomic E-state index is 13.8. The molecule has 2 aliphatic rings. The van der Waals surface area contributed by atoms with Gasteiger partial charge in [-0.1, -0.05) is 17.9 Å². The summed E-state index contributed by atoms with van der Waals surface area (Å²) in [7, 11) is -9.46. The van der Waals surface area contributed by atoms with E-state index < -0.39 is 76.2 Å². The summed E-state index contributed by atoms with van der Waals surface area (Å²) < 4.78 is 92.4. The first-order valence-electron chi connectivity index (χ1n) is 22.2. The van der Waals surface area contributed by atoms with Crippen LogP contribution in [-0.2, 0) is 63.1 Å². The van der Waals surface area contributed by atoms with Crippen molar-refractivity contribution in [2.45, 2.75) is 74.2 Å². The number of rotatable bonds is 21. The van der Waals surface area contributed by atoms with Gasteiger partial charge in [-0.25, -0.2) is 14.5 Å². The number of hydrazone groups is 1. The van der Waals surface area contributed by atoms with E-state index in [4.69, 9.17) is 10.4 Å². The van der Waals surface area contributed by atoms with Crippen LogP contribution in [0.25, 0.3) is 6.08 Å². The van der Waals surface area contributed by atoms with E-state index in [1.807, 2.05) is 0 Å². The van der Waals surface area contributed by atoms with Gasteiger partial charge in [-0.05, 0) is 134 Å². The Kier molecular flexibility index (Phi) is 18.3. The van der Waals surface area contributed by atoms with E-state index in [2.05, 4.69) is 60.6 Å². The highest BCUT2D eigenvalue weighted by atomic mass is 32.2. The first-order chi connectivity index (χ1) is 35.6. The Morgan fingerprint density at radius 1 is 0.827 bits per heavy atom. The van der Waals surface area contributed by atoms with Crippen molar-refractivity contribution < 1.29 is 73.9 Å². The monoisotopic (exact) mass is 1110 g/mol. The van der Waals surface area contributed by atoms with Crippen LogP contribution >= 0.6 is 12.0 Å². The van der Waals surface area contributed by atoms with Crippen molar-refractivity contribution in [3.05, 3.63) is 112 Å². The molecule has 75 heavy (non-hydrogen) atoms. The molecule has 0 spiro atoms. The van der Waals surface area contributed by atoms with Gasteiger partial charge in [0.1, 0.15) is 34.0 Å². The minimum absolute atomic E-state index is 0.0190. The molecule has 1 saturated carbocycles. The summed E-state index contributed by atoms with van der Waals surface area (Å²) in [5.74, 6) is -0.687. The van der Waals surface area contributed by atoms with Gasteiger partial charge in [0.05, 0.1) is 44.6 Å². The fraction of sp³-hybridized carbons (Fsp3) is 0.267. The van der Waals surface area contributed by atoms with Crippen LogP contribution in [0.3, 0.4) is 0 Å². The maximum Gasteiger partial charge on any atom is 0.303 e. The van der Waals surface area contributed by atoms with Gasteiger partial charge in [0.2, 0.25) is 22.8 Å². The largest absolute Gasteiger partial charge is 0.481 e. The molecule has 8 N–H and O–H groups in total. The van der Waals surface area contributed by atoms with Crippen LogP contribution in [0, 0.1) is 18.8 Å². The first kappa shape index (κ1) is 55.8. The number of aliphatic carboxylic acids is 1. The van der Waals surface area contributed by atoms with Crippen LogP contribution in [-0.4, -0.2) is 93.8 Å². The Labute approximate surface area is 433 Å². The number of carbonyl (C=O) groups excluding carboxylic acids is 2. The molecule has 0 aliphatic heterocycles. The molecular formula is C45H44N10O16S4. The third kappa shape index (κ3) is 15.3. The molecular weight excluding hydrogens is 1060 g/mol. The number of hydrogen-bond acceptors (Lipinski definition) is 23. The van der Waals surface area contributed by atoms with Gasteiger partial charge in [0, 0.05) is 30.5 Å². The zero-order chi connectivity index (χ0) is 54.0. The number of anilines is 3. The highest BCUT2D eigenvalue weighted by Gasteiger charge is 2.31. The number of aliphatic hydroxyl groups excluding tert-OH is 1. The van der Waals surface area contributed by atoms with Crippen molar-refractivity contribution in [3.63, 3.8) is 0 Å².